The van der Waals surface area contributed by atoms with E-state index < -0.39 is 0 Å². The molecule has 2 rings (SSSR count). The SMILES string of the molecule is Cc1nccc(-n2cccc2C)n1. The summed E-state index contributed by atoms with van der Waals surface area (Å²) in [7, 11) is 0. The molecule has 0 unspecified atom stereocenters. The number of nitrogens with zero attached hydrogens (tertiary/aromatic N) is 3. The molecule has 13 heavy (non-hydrogen) atoms. The van der Waals surface area contributed by atoms with Crippen LogP contribution in [0, 0.1) is 13.8 Å². The van der Waals surface area contributed by atoms with Crippen LogP contribution in [0.15, 0.2) is 30.6 Å². The third kappa shape index (κ3) is 1.45. The van der Waals surface area contributed by atoms with Crippen LogP contribution in [-0.2, 0) is 0 Å². The van der Waals surface area contributed by atoms with E-state index in [0.717, 1.165) is 11.6 Å². The Labute approximate surface area is 77.1 Å². The monoisotopic (exact) mass is 173 g/mol. The van der Waals surface area contributed by atoms with Gasteiger partial charge >= 0.3 is 0 Å². The van der Waals surface area contributed by atoms with E-state index in [-0.39, 0.29) is 0 Å². The average molecular weight is 173 g/mol. The maximum absolute atomic E-state index is 4.33. The Bertz CT molecular complexity index is 418. The van der Waals surface area contributed by atoms with Crippen molar-refractivity contribution in [2.75, 3.05) is 0 Å². The van der Waals surface area contributed by atoms with Gasteiger partial charge in [0.15, 0.2) is 0 Å². The first-order chi connectivity index (χ1) is 6.27. The van der Waals surface area contributed by atoms with E-state index in [1.807, 2.05) is 29.8 Å². The molecule has 2 aromatic heterocycles. The summed E-state index contributed by atoms with van der Waals surface area (Å²) in [5, 5.41) is 0. The smallest absolute Gasteiger partial charge is 0.140 e. The van der Waals surface area contributed by atoms with Crippen molar-refractivity contribution in [2.24, 2.45) is 0 Å². The minimum absolute atomic E-state index is 0.797. The molecule has 0 bridgehead atoms. The number of aryl methyl sites for hydroxylation is 2. The van der Waals surface area contributed by atoms with Crippen molar-refractivity contribution in [1.29, 1.82) is 0 Å². The van der Waals surface area contributed by atoms with Gasteiger partial charge in [-0.15, -0.1) is 0 Å². The van der Waals surface area contributed by atoms with Crippen LogP contribution in [-0.4, -0.2) is 14.5 Å². The zero-order valence-electron chi connectivity index (χ0n) is 7.73. The van der Waals surface area contributed by atoms with Gasteiger partial charge in [-0.3, -0.25) is 0 Å². The molecule has 0 spiro atoms. The molecule has 2 aromatic rings. The lowest BCUT2D eigenvalue weighted by Crippen LogP contribution is -1.99. The Morgan fingerprint density at radius 1 is 1.23 bits per heavy atom. The second-order valence-electron chi connectivity index (χ2n) is 2.98. The summed E-state index contributed by atoms with van der Waals surface area (Å²) < 4.78 is 2.04. The quantitative estimate of drug-likeness (QED) is 0.659. The minimum atomic E-state index is 0.797. The topological polar surface area (TPSA) is 30.7 Å². The first-order valence-electron chi connectivity index (χ1n) is 4.21. The molecule has 0 aliphatic heterocycles. The van der Waals surface area contributed by atoms with E-state index in [4.69, 9.17) is 0 Å². The van der Waals surface area contributed by atoms with Gasteiger partial charge in [-0.2, -0.15) is 0 Å². The van der Waals surface area contributed by atoms with Gasteiger partial charge in [-0.05, 0) is 32.0 Å². The fourth-order valence-corrected chi connectivity index (χ4v) is 1.30. The van der Waals surface area contributed by atoms with Gasteiger partial charge in [0.2, 0.25) is 0 Å². The van der Waals surface area contributed by atoms with Crippen molar-refractivity contribution in [2.45, 2.75) is 13.8 Å². The molecule has 0 aliphatic rings. The molecule has 3 heteroatoms. The highest BCUT2D eigenvalue weighted by atomic mass is 15.1. The van der Waals surface area contributed by atoms with E-state index >= 15 is 0 Å². The van der Waals surface area contributed by atoms with Crippen molar-refractivity contribution in [3.05, 3.63) is 42.1 Å². The van der Waals surface area contributed by atoms with Crippen molar-refractivity contribution < 1.29 is 0 Å². The Morgan fingerprint density at radius 2 is 2.08 bits per heavy atom. The van der Waals surface area contributed by atoms with Crippen molar-refractivity contribution in [1.82, 2.24) is 14.5 Å². The van der Waals surface area contributed by atoms with Crippen LogP contribution in [0.3, 0.4) is 0 Å². The second-order valence-corrected chi connectivity index (χ2v) is 2.98. The van der Waals surface area contributed by atoms with Crippen LogP contribution in [0.1, 0.15) is 11.5 Å². The normalized spacial score (nSPS) is 10.3. The number of rotatable bonds is 1. The highest BCUT2D eigenvalue weighted by Crippen LogP contribution is 2.08. The second kappa shape index (κ2) is 3.01. The molecule has 0 amide bonds. The molecular formula is C10H11N3. The van der Waals surface area contributed by atoms with Crippen molar-refractivity contribution in [3.63, 3.8) is 0 Å². The van der Waals surface area contributed by atoms with Gasteiger partial charge in [0.1, 0.15) is 11.6 Å². The third-order valence-electron chi connectivity index (χ3n) is 1.96. The standard InChI is InChI=1S/C10H11N3/c1-8-4-3-7-13(8)10-5-6-11-9(2)12-10/h3-7H,1-2H3. The highest BCUT2D eigenvalue weighted by molar-refractivity contribution is 5.25. The largest absolute Gasteiger partial charge is 0.306 e. The summed E-state index contributed by atoms with van der Waals surface area (Å²) in [5.41, 5.74) is 1.18. The summed E-state index contributed by atoms with van der Waals surface area (Å²) in [6.07, 6.45) is 3.77. The van der Waals surface area contributed by atoms with Gasteiger partial charge in [0.05, 0.1) is 0 Å². The highest BCUT2D eigenvalue weighted by Gasteiger charge is 1.99. The lowest BCUT2D eigenvalue weighted by Gasteiger charge is -2.04. The molecule has 66 valence electrons. The molecule has 0 atom stereocenters. The summed E-state index contributed by atoms with van der Waals surface area (Å²) in [6.45, 7) is 3.94. The van der Waals surface area contributed by atoms with Crippen LogP contribution in [0.5, 0.6) is 0 Å². The molecule has 2 heterocycles. The number of hydrogen-bond donors (Lipinski definition) is 0. The minimum Gasteiger partial charge on any atom is -0.306 e. The summed E-state index contributed by atoms with van der Waals surface area (Å²) in [4.78, 5) is 8.38. The molecule has 0 saturated heterocycles. The molecule has 0 fully saturated rings. The van der Waals surface area contributed by atoms with E-state index in [2.05, 4.69) is 23.0 Å². The van der Waals surface area contributed by atoms with Crippen molar-refractivity contribution in [3.8, 4) is 5.82 Å². The third-order valence-corrected chi connectivity index (χ3v) is 1.96. The lowest BCUT2D eigenvalue weighted by molar-refractivity contribution is 0.918. The molecule has 0 radical (unpaired) electrons. The first kappa shape index (κ1) is 7.98. The number of aromatic nitrogens is 3. The summed E-state index contributed by atoms with van der Waals surface area (Å²) >= 11 is 0. The van der Waals surface area contributed by atoms with Crippen LogP contribution in [0.25, 0.3) is 5.82 Å². The van der Waals surface area contributed by atoms with Gasteiger partial charge in [0, 0.05) is 18.1 Å². The summed E-state index contributed by atoms with van der Waals surface area (Å²) in [6, 6.07) is 5.96. The molecule has 0 aliphatic carbocycles. The van der Waals surface area contributed by atoms with Crippen LogP contribution in [0.2, 0.25) is 0 Å². The molecule has 0 N–H and O–H groups in total. The van der Waals surface area contributed by atoms with Gasteiger partial charge in [-0.1, -0.05) is 0 Å². The van der Waals surface area contributed by atoms with Crippen LogP contribution >= 0.6 is 0 Å². The summed E-state index contributed by atoms with van der Waals surface area (Å²) in [5.74, 6) is 1.72. The van der Waals surface area contributed by atoms with Gasteiger partial charge < -0.3 is 4.57 Å². The van der Waals surface area contributed by atoms with Crippen LogP contribution in [0.4, 0.5) is 0 Å². The Balaban J connectivity index is 2.53. The fourth-order valence-electron chi connectivity index (χ4n) is 1.30. The molecular weight excluding hydrogens is 162 g/mol. The van der Waals surface area contributed by atoms with E-state index in [1.54, 1.807) is 6.20 Å². The fraction of sp³-hybridized carbons (Fsp3) is 0.200. The molecule has 0 aromatic carbocycles. The maximum atomic E-state index is 4.33. The predicted octanol–water partition coefficient (Wildman–Crippen LogP) is 1.88. The van der Waals surface area contributed by atoms with Crippen molar-refractivity contribution >= 4 is 0 Å². The average Bonchev–Trinajstić information content (AvgIpc) is 2.51. The van der Waals surface area contributed by atoms with Gasteiger partial charge in [0.25, 0.3) is 0 Å². The maximum Gasteiger partial charge on any atom is 0.140 e. The first-order valence-corrected chi connectivity index (χ1v) is 4.21. The predicted molar refractivity (Wildman–Crippen MR) is 50.8 cm³/mol. The molecule has 0 saturated carbocycles. The Kier molecular flexibility index (Phi) is 1.85. The number of hydrogen-bond acceptors (Lipinski definition) is 2. The zero-order valence-corrected chi connectivity index (χ0v) is 7.73. The van der Waals surface area contributed by atoms with Crippen LogP contribution < -0.4 is 0 Å². The molecule has 3 nitrogen and oxygen atoms in total. The van der Waals surface area contributed by atoms with E-state index in [0.29, 0.717) is 0 Å². The van der Waals surface area contributed by atoms with Gasteiger partial charge in [-0.25, -0.2) is 9.97 Å². The lowest BCUT2D eigenvalue weighted by atomic mass is 10.4. The Hall–Kier alpha value is -1.64. The zero-order chi connectivity index (χ0) is 9.26. The van der Waals surface area contributed by atoms with E-state index in [9.17, 15) is 0 Å². The van der Waals surface area contributed by atoms with E-state index in [1.165, 1.54) is 5.69 Å². The Morgan fingerprint density at radius 3 is 2.69 bits per heavy atom.